The maximum Gasteiger partial charge on any atom is 0.235 e. The van der Waals surface area contributed by atoms with Gasteiger partial charge in [0.25, 0.3) is 0 Å². The maximum atomic E-state index is 12.8. The second-order valence-corrected chi connectivity index (χ2v) is 8.46. The van der Waals surface area contributed by atoms with Crippen LogP contribution in [0.1, 0.15) is 29.7 Å². The van der Waals surface area contributed by atoms with Crippen molar-refractivity contribution in [2.75, 3.05) is 17.7 Å². The monoisotopic (exact) mass is 453 g/mol. The number of amides is 1. The zero-order valence-corrected chi connectivity index (χ0v) is 18.6. The van der Waals surface area contributed by atoms with Gasteiger partial charge in [-0.1, -0.05) is 11.8 Å². The van der Waals surface area contributed by atoms with E-state index in [1.807, 2.05) is 18.4 Å². The van der Waals surface area contributed by atoms with Gasteiger partial charge in [-0.25, -0.2) is 0 Å². The number of benzene rings is 1. The summed E-state index contributed by atoms with van der Waals surface area (Å²) in [4.78, 5) is 12.8. The highest BCUT2D eigenvalue weighted by Crippen LogP contribution is 2.29. The van der Waals surface area contributed by atoms with Gasteiger partial charge in [-0.15, -0.1) is 5.10 Å². The Kier molecular flexibility index (Phi) is 6.43. The van der Waals surface area contributed by atoms with Crippen molar-refractivity contribution in [1.82, 2.24) is 24.8 Å². The molecule has 32 heavy (non-hydrogen) atoms. The molecule has 1 atom stereocenters. The van der Waals surface area contributed by atoms with Crippen LogP contribution in [0.15, 0.2) is 29.4 Å². The lowest BCUT2D eigenvalue weighted by molar-refractivity contribution is -0.113. The molecule has 0 unspecified atom stereocenters. The molecule has 11 heteroatoms. The third-order valence-electron chi connectivity index (χ3n) is 5.48. The number of ether oxygens (including phenoxy) is 1. The van der Waals surface area contributed by atoms with Crippen LogP contribution in [0.25, 0.3) is 5.69 Å². The van der Waals surface area contributed by atoms with Gasteiger partial charge >= 0.3 is 0 Å². The van der Waals surface area contributed by atoms with Crippen LogP contribution in [0, 0.1) is 25.2 Å². The number of hydrogen-bond donors (Lipinski definition) is 2. The van der Waals surface area contributed by atoms with E-state index in [4.69, 9.17) is 4.74 Å². The number of nitriles is 1. The molecule has 4 rings (SSSR count). The number of phenolic OH excluding ortho intramolecular Hbond substituents is 1. The van der Waals surface area contributed by atoms with E-state index < -0.39 is 0 Å². The zero-order chi connectivity index (χ0) is 22.7. The Morgan fingerprint density at radius 3 is 2.84 bits per heavy atom. The van der Waals surface area contributed by atoms with E-state index in [2.05, 4.69) is 26.9 Å². The third-order valence-corrected chi connectivity index (χ3v) is 6.40. The van der Waals surface area contributed by atoms with Crippen LogP contribution in [-0.4, -0.2) is 54.3 Å². The summed E-state index contributed by atoms with van der Waals surface area (Å²) in [7, 11) is 0. The van der Waals surface area contributed by atoms with Crippen molar-refractivity contribution in [2.45, 2.75) is 44.5 Å². The number of tetrazole rings is 1. The van der Waals surface area contributed by atoms with E-state index in [1.165, 1.54) is 28.6 Å². The second kappa shape index (κ2) is 9.42. The van der Waals surface area contributed by atoms with Crippen LogP contribution in [0.3, 0.4) is 0 Å². The summed E-state index contributed by atoms with van der Waals surface area (Å²) in [6.07, 6.45) is 2.05. The highest BCUT2D eigenvalue weighted by Gasteiger charge is 2.24. The van der Waals surface area contributed by atoms with Gasteiger partial charge in [0.05, 0.1) is 29.7 Å². The van der Waals surface area contributed by atoms with E-state index in [-0.39, 0.29) is 23.5 Å². The number of carbonyl (C=O) groups is 1. The van der Waals surface area contributed by atoms with Crippen LogP contribution in [0.4, 0.5) is 5.82 Å². The molecule has 1 aromatic carbocycles. The van der Waals surface area contributed by atoms with Gasteiger partial charge in [-0.05, 0) is 66.9 Å². The fourth-order valence-electron chi connectivity index (χ4n) is 3.67. The molecule has 1 aliphatic heterocycles. The molecule has 3 aromatic rings. The molecule has 0 spiro atoms. The molecule has 0 bridgehead atoms. The molecule has 1 fully saturated rings. The lowest BCUT2D eigenvalue weighted by Gasteiger charge is -2.16. The Hall–Kier alpha value is -3.36. The number of anilines is 1. The first kappa shape index (κ1) is 21.9. The summed E-state index contributed by atoms with van der Waals surface area (Å²) in [5, 5.41) is 34.1. The molecule has 166 valence electrons. The summed E-state index contributed by atoms with van der Waals surface area (Å²) < 4.78 is 9.21. The zero-order valence-electron chi connectivity index (χ0n) is 17.8. The summed E-state index contributed by atoms with van der Waals surface area (Å²) in [6.45, 7) is 5.16. The lowest BCUT2D eigenvalue weighted by atomic mass is 10.2. The van der Waals surface area contributed by atoms with Crippen LogP contribution in [0.5, 0.6) is 5.75 Å². The first-order valence-corrected chi connectivity index (χ1v) is 11.2. The molecular weight excluding hydrogens is 430 g/mol. The predicted octanol–water partition coefficient (Wildman–Crippen LogP) is 2.57. The van der Waals surface area contributed by atoms with Crippen LogP contribution in [-0.2, 0) is 16.1 Å². The maximum absolute atomic E-state index is 12.8. The number of aromatic nitrogens is 5. The highest BCUT2D eigenvalue weighted by atomic mass is 32.2. The van der Waals surface area contributed by atoms with Gasteiger partial charge in [-0.3, -0.25) is 4.79 Å². The number of aromatic hydroxyl groups is 1. The smallest absolute Gasteiger partial charge is 0.235 e. The molecule has 0 radical (unpaired) electrons. The second-order valence-electron chi connectivity index (χ2n) is 7.52. The summed E-state index contributed by atoms with van der Waals surface area (Å²) in [6, 6.07) is 8.65. The summed E-state index contributed by atoms with van der Waals surface area (Å²) >= 11 is 1.18. The summed E-state index contributed by atoms with van der Waals surface area (Å²) in [5.74, 6) is 0.437. The number of nitrogens with one attached hydrogen (secondary N) is 1. The fraction of sp³-hybridized carbons (Fsp3) is 0.381. The largest absolute Gasteiger partial charge is 0.508 e. The third kappa shape index (κ3) is 4.46. The van der Waals surface area contributed by atoms with Gasteiger partial charge in [0.1, 0.15) is 17.6 Å². The minimum atomic E-state index is -0.266. The molecular formula is C21H23N7O3S. The molecule has 0 saturated carbocycles. The van der Waals surface area contributed by atoms with Crippen molar-refractivity contribution in [3.63, 3.8) is 0 Å². The highest BCUT2D eigenvalue weighted by molar-refractivity contribution is 7.99. The Morgan fingerprint density at radius 1 is 1.38 bits per heavy atom. The van der Waals surface area contributed by atoms with Crippen LogP contribution in [0.2, 0.25) is 0 Å². The molecule has 2 N–H and O–H groups in total. The summed E-state index contributed by atoms with van der Waals surface area (Å²) in [5.41, 5.74) is 2.92. The number of carbonyl (C=O) groups excluding carboxylic acids is 1. The topological polar surface area (TPSA) is 131 Å². The molecule has 1 aliphatic rings. The Bertz CT molecular complexity index is 1160. The van der Waals surface area contributed by atoms with Crippen LogP contribution >= 0.6 is 11.8 Å². The quantitative estimate of drug-likeness (QED) is 0.522. The number of thioether (sulfide) groups is 1. The Labute approximate surface area is 189 Å². The van der Waals surface area contributed by atoms with Crippen molar-refractivity contribution < 1.29 is 14.6 Å². The molecule has 1 amide bonds. The number of nitrogens with zero attached hydrogens (tertiary/aromatic N) is 6. The predicted molar refractivity (Wildman–Crippen MR) is 118 cm³/mol. The number of phenols is 1. The van der Waals surface area contributed by atoms with Crippen molar-refractivity contribution in [1.29, 1.82) is 5.26 Å². The average Bonchev–Trinajstić information content (AvgIpc) is 3.51. The SMILES string of the molecule is Cc1c(C#N)c(NC(=O)CSc2nnnn2-c2ccc(O)cc2)n(C[C@H]2CCCO2)c1C. The van der Waals surface area contributed by atoms with Gasteiger partial charge in [-0.2, -0.15) is 9.94 Å². The minimum Gasteiger partial charge on any atom is -0.508 e. The van der Waals surface area contributed by atoms with Gasteiger partial charge in [0.2, 0.25) is 11.1 Å². The van der Waals surface area contributed by atoms with Gasteiger partial charge in [0.15, 0.2) is 0 Å². The van der Waals surface area contributed by atoms with E-state index in [0.29, 0.717) is 28.8 Å². The molecule has 3 heterocycles. The van der Waals surface area contributed by atoms with E-state index >= 15 is 0 Å². The molecule has 10 nitrogen and oxygen atoms in total. The van der Waals surface area contributed by atoms with E-state index in [9.17, 15) is 15.2 Å². The lowest BCUT2D eigenvalue weighted by Crippen LogP contribution is -2.22. The standard InChI is InChI=1S/C21H23N7O3S/c1-13-14(2)27(11-17-4-3-9-31-17)20(18(13)10-22)23-19(30)12-32-21-24-25-26-28(21)15-5-7-16(29)8-6-15/h5-8,17,29H,3-4,9,11-12H2,1-2H3,(H,23,30)/t17-/m1/s1. The van der Waals surface area contributed by atoms with Crippen molar-refractivity contribution in [2.24, 2.45) is 0 Å². The van der Waals surface area contributed by atoms with Crippen molar-refractivity contribution in [3.05, 3.63) is 41.1 Å². The first-order chi connectivity index (χ1) is 15.5. The van der Waals surface area contributed by atoms with E-state index in [1.54, 1.807) is 12.1 Å². The first-order valence-electron chi connectivity index (χ1n) is 10.2. The van der Waals surface area contributed by atoms with Gasteiger partial charge < -0.3 is 19.7 Å². The molecule has 0 aliphatic carbocycles. The minimum absolute atomic E-state index is 0.0620. The number of rotatable bonds is 7. The van der Waals surface area contributed by atoms with Crippen molar-refractivity contribution in [3.8, 4) is 17.5 Å². The fourth-order valence-corrected chi connectivity index (χ4v) is 4.36. The van der Waals surface area contributed by atoms with Crippen molar-refractivity contribution >= 4 is 23.5 Å². The van der Waals surface area contributed by atoms with Crippen LogP contribution < -0.4 is 5.32 Å². The Morgan fingerprint density at radius 2 is 2.16 bits per heavy atom. The molecule has 1 saturated heterocycles. The average molecular weight is 454 g/mol. The van der Waals surface area contributed by atoms with E-state index in [0.717, 1.165) is 30.7 Å². The Balaban J connectivity index is 1.48. The molecule has 2 aromatic heterocycles. The number of hydrogen-bond acceptors (Lipinski definition) is 8. The van der Waals surface area contributed by atoms with Gasteiger partial charge in [0, 0.05) is 12.3 Å². The normalized spacial score (nSPS) is 15.6.